The van der Waals surface area contributed by atoms with Gasteiger partial charge in [-0.1, -0.05) is 15.9 Å². The first-order valence-corrected chi connectivity index (χ1v) is 4.92. The average Bonchev–Trinajstić information content (AvgIpc) is 2.20. The first kappa shape index (κ1) is 11.0. The summed E-state index contributed by atoms with van der Waals surface area (Å²) in [6, 6.07) is 7.21. The highest BCUT2D eigenvalue weighted by Gasteiger charge is 2.04. The third-order valence-electron chi connectivity index (χ3n) is 1.68. The van der Waals surface area contributed by atoms with Crippen molar-refractivity contribution in [3.63, 3.8) is 0 Å². The standard InChI is InChI=1S/C10H10BrNO2/c1-7(5-12)14-9-2-3-10(11)8(4-9)6-13/h2-4,7,13H,6H2,1H3. The summed E-state index contributed by atoms with van der Waals surface area (Å²) in [6.45, 7) is 1.61. The SMILES string of the molecule is CC(C#N)Oc1ccc(Br)c(CO)c1. The molecule has 1 aromatic rings. The molecule has 0 aromatic heterocycles. The molecule has 0 aliphatic carbocycles. The third kappa shape index (κ3) is 2.72. The molecule has 1 rings (SSSR count). The molecular weight excluding hydrogens is 246 g/mol. The van der Waals surface area contributed by atoms with E-state index in [1.54, 1.807) is 25.1 Å². The van der Waals surface area contributed by atoms with Crippen LogP contribution in [0.5, 0.6) is 5.75 Å². The number of aliphatic hydroxyl groups excluding tert-OH is 1. The molecule has 0 aliphatic heterocycles. The molecule has 0 saturated heterocycles. The molecule has 0 aliphatic rings. The molecule has 0 fully saturated rings. The largest absolute Gasteiger partial charge is 0.476 e. The van der Waals surface area contributed by atoms with E-state index in [1.807, 2.05) is 6.07 Å². The van der Waals surface area contributed by atoms with Gasteiger partial charge in [0.05, 0.1) is 6.61 Å². The van der Waals surface area contributed by atoms with E-state index in [0.29, 0.717) is 5.75 Å². The van der Waals surface area contributed by atoms with Crippen LogP contribution in [0.3, 0.4) is 0 Å². The van der Waals surface area contributed by atoms with Gasteiger partial charge in [0, 0.05) is 4.47 Å². The number of nitrogens with zero attached hydrogens (tertiary/aromatic N) is 1. The van der Waals surface area contributed by atoms with Gasteiger partial charge in [0.2, 0.25) is 0 Å². The van der Waals surface area contributed by atoms with E-state index in [0.717, 1.165) is 10.0 Å². The lowest BCUT2D eigenvalue weighted by Crippen LogP contribution is -2.08. The van der Waals surface area contributed by atoms with Crippen molar-refractivity contribution in [3.05, 3.63) is 28.2 Å². The normalized spacial score (nSPS) is 11.9. The first-order valence-electron chi connectivity index (χ1n) is 4.13. The molecule has 0 heterocycles. The number of aliphatic hydroxyl groups is 1. The molecule has 0 bridgehead atoms. The fraction of sp³-hybridized carbons (Fsp3) is 0.300. The minimum atomic E-state index is -0.484. The van der Waals surface area contributed by atoms with Crippen molar-refractivity contribution < 1.29 is 9.84 Å². The molecule has 0 radical (unpaired) electrons. The van der Waals surface area contributed by atoms with Crippen molar-refractivity contribution >= 4 is 15.9 Å². The lowest BCUT2D eigenvalue weighted by atomic mass is 10.2. The highest BCUT2D eigenvalue weighted by Crippen LogP contribution is 2.23. The van der Waals surface area contributed by atoms with Crippen LogP contribution in [-0.2, 0) is 6.61 Å². The van der Waals surface area contributed by atoms with Crippen LogP contribution < -0.4 is 4.74 Å². The van der Waals surface area contributed by atoms with Crippen LogP contribution in [0.2, 0.25) is 0 Å². The highest BCUT2D eigenvalue weighted by molar-refractivity contribution is 9.10. The molecule has 1 unspecified atom stereocenters. The van der Waals surface area contributed by atoms with Crippen molar-refractivity contribution in [2.24, 2.45) is 0 Å². The Labute approximate surface area is 91.1 Å². The Morgan fingerprint density at radius 1 is 1.64 bits per heavy atom. The number of hydrogen-bond donors (Lipinski definition) is 1. The second kappa shape index (κ2) is 4.99. The third-order valence-corrected chi connectivity index (χ3v) is 2.46. The second-order valence-electron chi connectivity index (χ2n) is 2.80. The van der Waals surface area contributed by atoms with Gasteiger partial charge in [-0.3, -0.25) is 0 Å². The molecule has 0 amide bonds. The lowest BCUT2D eigenvalue weighted by molar-refractivity contribution is 0.268. The van der Waals surface area contributed by atoms with Crippen LogP contribution >= 0.6 is 15.9 Å². The summed E-state index contributed by atoms with van der Waals surface area (Å²) in [4.78, 5) is 0. The number of halogens is 1. The molecule has 1 atom stereocenters. The smallest absolute Gasteiger partial charge is 0.181 e. The van der Waals surface area contributed by atoms with Crippen molar-refractivity contribution in [1.29, 1.82) is 5.26 Å². The van der Waals surface area contributed by atoms with Gasteiger partial charge in [0.15, 0.2) is 6.10 Å². The summed E-state index contributed by atoms with van der Waals surface area (Å²) in [5.74, 6) is 0.589. The van der Waals surface area contributed by atoms with Gasteiger partial charge in [-0.25, -0.2) is 0 Å². The molecule has 0 spiro atoms. The maximum Gasteiger partial charge on any atom is 0.181 e. The molecule has 4 heteroatoms. The predicted molar refractivity (Wildman–Crippen MR) is 55.8 cm³/mol. The number of nitriles is 1. The molecule has 3 nitrogen and oxygen atoms in total. The first-order chi connectivity index (χ1) is 6.67. The van der Waals surface area contributed by atoms with E-state index in [4.69, 9.17) is 15.1 Å². The summed E-state index contributed by atoms with van der Waals surface area (Å²) in [5.41, 5.74) is 0.743. The van der Waals surface area contributed by atoms with Crippen molar-refractivity contribution in [3.8, 4) is 11.8 Å². The highest BCUT2D eigenvalue weighted by atomic mass is 79.9. The minimum absolute atomic E-state index is 0.0568. The van der Waals surface area contributed by atoms with Crippen molar-refractivity contribution in [1.82, 2.24) is 0 Å². The monoisotopic (exact) mass is 255 g/mol. The fourth-order valence-corrected chi connectivity index (χ4v) is 1.35. The second-order valence-corrected chi connectivity index (χ2v) is 3.65. The zero-order valence-electron chi connectivity index (χ0n) is 7.70. The van der Waals surface area contributed by atoms with Crippen LogP contribution in [0.15, 0.2) is 22.7 Å². The Hall–Kier alpha value is -1.05. The van der Waals surface area contributed by atoms with Crippen LogP contribution in [0.4, 0.5) is 0 Å². The Morgan fingerprint density at radius 2 is 2.36 bits per heavy atom. The number of benzene rings is 1. The van der Waals surface area contributed by atoms with Crippen molar-refractivity contribution in [2.45, 2.75) is 19.6 Å². The molecule has 0 saturated carbocycles. The van der Waals surface area contributed by atoms with Gasteiger partial charge in [-0.2, -0.15) is 5.26 Å². The van der Waals surface area contributed by atoms with Gasteiger partial charge in [-0.15, -0.1) is 0 Å². The Bertz CT molecular complexity index is 360. The number of hydrogen-bond acceptors (Lipinski definition) is 3. The summed E-state index contributed by atoms with van der Waals surface area (Å²) >= 11 is 3.29. The summed E-state index contributed by atoms with van der Waals surface area (Å²) < 4.78 is 6.10. The molecule has 1 N–H and O–H groups in total. The summed E-state index contributed by atoms with van der Waals surface area (Å²) in [5, 5.41) is 17.5. The Kier molecular flexibility index (Phi) is 3.93. The molecular formula is C10H10BrNO2. The predicted octanol–water partition coefficient (Wildman–Crippen LogP) is 2.23. The molecule has 1 aromatic carbocycles. The zero-order valence-corrected chi connectivity index (χ0v) is 9.28. The van der Waals surface area contributed by atoms with E-state index in [1.165, 1.54) is 0 Å². The van der Waals surface area contributed by atoms with Gasteiger partial charge in [0.1, 0.15) is 11.8 Å². The fourth-order valence-electron chi connectivity index (χ4n) is 0.976. The Morgan fingerprint density at radius 3 is 2.93 bits per heavy atom. The van der Waals surface area contributed by atoms with Gasteiger partial charge in [-0.05, 0) is 30.7 Å². The zero-order chi connectivity index (χ0) is 10.6. The lowest BCUT2D eigenvalue weighted by Gasteiger charge is -2.09. The summed E-state index contributed by atoms with van der Waals surface area (Å²) in [6.07, 6.45) is -0.484. The maximum absolute atomic E-state index is 8.98. The van der Waals surface area contributed by atoms with Gasteiger partial charge >= 0.3 is 0 Å². The van der Waals surface area contributed by atoms with E-state index in [2.05, 4.69) is 15.9 Å². The van der Waals surface area contributed by atoms with E-state index < -0.39 is 6.10 Å². The van der Waals surface area contributed by atoms with E-state index in [-0.39, 0.29) is 6.61 Å². The molecule has 74 valence electrons. The van der Waals surface area contributed by atoms with E-state index in [9.17, 15) is 0 Å². The molecule has 14 heavy (non-hydrogen) atoms. The van der Waals surface area contributed by atoms with Crippen LogP contribution in [0, 0.1) is 11.3 Å². The quantitative estimate of drug-likeness (QED) is 0.902. The van der Waals surface area contributed by atoms with Crippen LogP contribution in [0.1, 0.15) is 12.5 Å². The topological polar surface area (TPSA) is 53.2 Å². The maximum atomic E-state index is 8.98. The van der Waals surface area contributed by atoms with Crippen molar-refractivity contribution in [2.75, 3.05) is 0 Å². The van der Waals surface area contributed by atoms with Crippen LogP contribution in [-0.4, -0.2) is 11.2 Å². The van der Waals surface area contributed by atoms with Crippen LogP contribution in [0.25, 0.3) is 0 Å². The Balaban J connectivity index is 2.85. The number of ether oxygens (including phenoxy) is 1. The average molecular weight is 256 g/mol. The van der Waals surface area contributed by atoms with E-state index >= 15 is 0 Å². The number of rotatable bonds is 3. The van der Waals surface area contributed by atoms with Gasteiger partial charge in [0.25, 0.3) is 0 Å². The van der Waals surface area contributed by atoms with Gasteiger partial charge < -0.3 is 9.84 Å². The minimum Gasteiger partial charge on any atom is -0.476 e. The summed E-state index contributed by atoms with van der Waals surface area (Å²) in [7, 11) is 0.